The molecule has 2 aliphatic rings. The van der Waals surface area contributed by atoms with Crippen LogP contribution in [0.4, 0.5) is 0 Å². The third kappa shape index (κ3) is 2.53. The highest BCUT2D eigenvalue weighted by atomic mass is 16.5. The highest BCUT2D eigenvalue weighted by molar-refractivity contribution is 5.92. The molecule has 0 aromatic heterocycles. The molecule has 4 heteroatoms. The Balaban J connectivity index is 2.07. The predicted molar refractivity (Wildman–Crippen MR) is 65.9 cm³/mol. The van der Waals surface area contributed by atoms with Crippen LogP contribution in [0.25, 0.3) is 0 Å². The van der Waals surface area contributed by atoms with Crippen LogP contribution in [-0.4, -0.2) is 23.7 Å². The Morgan fingerprint density at radius 2 is 2.17 bits per heavy atom. The van der Waals surface area contributed by atoms with E-state index < -0.39 is 5.97 Å². The first-order valence-corrected chi connectivity index (χ1v) is 6.11. The topological polar surface area (TPSA) is 63.6 Å². The van der Waals surface area contributed by atoms with E-state index in [4.69, 9.17) is 9.84 Å². The lowest BCUT2D eigenvalue weighted by Gasteiger charge is -2.04. The van der Waals surface area contributed by atoms with Crippen LogP contribution < -0.4 is 0 Å². The Hall–Kier alpha value is -1.84. The fraction of sp³-hybridized carbons (Fsp3) is 0.429. The third-order valence-electron chi connectivity index (χ3n) is 3.31. The van der Waals surface area contributed by atoms with Gasteiger partial charge in [-0.2, -0.15) is 0 Å². The van der Waals surface area contributed by atoms with Crippen molar-refractivity contribution in [3.05, 3.63) is 34.9 Å². The molecule has 0 amide bonds. The Morgan fingerprint density at radius 3 is 2.83 bits per heavy atom. The third-order valence-corrected chi connectivity index (χ3v) is 3.31. The van der Waals surface area contributed by atoms with Gasteiger partial charge in [-0.3, -0.25) is 4.79 Å². The number of rotatable bonds is 3. The SMILES string of the molecule is CCOC(=O)C1=CCC2=C(C=C1)CC(C(=O)O)C2. The zero-order valence-corrected chi connectivity index (χ0v) is 10.3. The maximum Gasteiger partial charge on any atom is 0.337 e. The van der Waals surface area contributed by atoms with Gasteiger partial charge >= 0.3 is 11.9 Å². The second-order valence-electron chi connectivity index (χ2n) is 4.49. The second-order valence-corrected chi connectivity index (χ2v) is 4.49. The zero-order valence-electron chi connectivity index (χ0n) is 10.3. The molecule has 0 aromatic rings. The van der Waals surface area contributed by atoms with Gasteiger partial charge in [-0.25, -0.2) is 4.79 Å². The predicted octanol–water partition coefficient (Wildman–Crippen LogP) is 2.23. The molecule has 1 unspecified atom stereocenters. The minimum Gasteiger partial charge on any atom is -0.481 e. The van der Waals surface area contributed by atoms with Gasteiger partial charge in [0.25, 0.3) is 0 Å². The molecular formula is C14H16O4. The van der Waals surface area contributed by atoms with Gasteiger partial charge in [-0.1, -0.05) is 17.7 Å². The molecule has 1 N–H and O–H groups in total. The van der Waals surface area contributed by atoms with Crippen LogP contribution in [0.5, 0.6) is 0 Å². The first kappa shape index (κ1) is 12.6. The summed E-state index contributed by atoms with van der Waals surface area (Å²) in [6, 6.07) is 0. The van der Waals surface area contributed by atoms with Crippen LogP contribution in [0.2, 0.25) is 0 Å². The molecule has 0 saturated carbocycles. The van der Waals surface area contributed by atoms with Gasteiger partial charge in [0, 0.05) is 0 Å². The summed E-state index contributed by atoms with van der Waals surface area (Å²) in [6.07, 6.45) is 7.19. The Kier molecular flexibility index (Phi) is 3.65. The first-order valence-electron chi connectivity index (χ1n) is 6.11. The summed E-state index contributed by atoms with van der Waals surface area (Å²) in [5.74, 6) is -1.37. The highest BCUT2D eigenvalue weighted by Crippen LogP contribution is 2.36. The molecule has 0 bridgehead atoms. The molecule has 2 aliphatic carbocycles. The van der Waals surface area contributed by atoms with Crippen molar-refractivity contribution in [1.29, 1.82) is 0 Å². The van der Waals surface area contributed by atoms with E-state index in [-0.39, 0.29) is 11.9 Å². The summed E-state index contributed by atoms with van der Waals surface area (Å²) < 4.78 is 4.95. The number of carboxylic acid groups (broad SMARTS) is 1. The molecule has 0 saturated heterocycles. The summed E-state index contributed by atoms with van der Waals surface area (Å²) >= 11 is 0. The average molecular weight is 248 g/mol. The lowest BCUT2D eigenvalue weighted by Crippen LogP contribution is -2.10. The fourth-order valence-electron chi connectivity index (χ4n) is 2.34. The molecule has 96 valence electrons. The smallest absolute Gasteiger partial charge is 0.337 e. The molecule has 1 atom stereocenters. The van der Waals surface area contributed by atoms with Crippen molar-refractivity contribution in [3.63, 3.8) is 0 Å². The molecule has 0 aromatic carbocycles. The number of hydrogen-bond donors (Lipinski definition) is 1. The molecule has 0 spiro atoms. The number of carbonyl (C=O) groups excluding carboxylic acids is 1. The summed E-state index contributed by atoms with van der Waals surface area (Å²) in [7, 11) is 0. The van der Waals surface area contributed by atoms with E-state index in [1.807, 2.05) is 12.2 Å². The van der Waals surface area contributed by atoms with Gasteiger partial charge < -0.3 is 9.84 Å². The monoisotopic (exact) mass is 248 g/mol. The van der Waals surface area contributed by atoms with Crippen molar-refractivity contribution < 1.29 is 19.4 Å². The Bertz CT molecular complexity index is 468. The number of aliphatic carboxylic acids is 1. The largest absolute Gasteiger partial charge is 0.481 e. The van der Waals surface area contributed by atoms with Crippen molar-refractivity contribution >= 4 is 11.9 Å². The van der Waals surface area contributed by atoms with Crippen molar-refractivity contribution in [2.45, 2.75) is 26.2 Å². The van der Waals surface area contributed by atoms with Crippen LogP contribution in [0, 0.1) is 5.92 Å². The zero-order chi connectivity index (χ0) is 13.1. The summed E-state index contributed by atoms with van der Waals surface area (Å²) in [4.78, 5) is 22.5. The van der Waals surface area contributed by atoms with Gasteiger partial charge in [-0.05, 0) is 37.8 Å². The fourth-order valence-corrected chi connectivity index (χ4v) is 2.34. The number of carboxylic acids is 1. The quantitative estimate of drug-likeness (QED) is 0.778. The minimum absolute atomic E-state index is 0.308. The number of ether oxygens (including phenoxy) is 1. The van der Waals surface area contributed by atoms with Crippen molar-refractivity contribution in [2.75, 3.05) is 6.61 Å². The Labute approximate surface area is 106 Å². The summed E-state index contributed by atoms with van der Waals surface area (Å²) in [6.45, 7) is 2.13. The van der Waals surface area contributed by atoms with Gasteiger partial charge in [0.05, 0.1) is 18.1 Å². The second kappa shape index (κ2) is 5.21. The van der Waals surface area contributed by atoms with E-state index in [9.17, 15) is 9.59 Å². The van der Waals surface area contributed by atoms with E-state index in [1.54, 1.807) is 13.0 Å². The maximum atomic E-state index is 11.6. The number of esters is 1. The van der Waals surface area contributed by atoms with Crippen LogP contribution >= 0.6 is 0 Å². The van der Waals surface area contributed by atoms with Gasteiger partial charge in [0.1, 0.15) is 0 Å². The molecule has 18 heavy (non-hydrogen) atoms. The minimum atomic E-state index is -0.744. The molecule has 4 nitrogen and oxygen atoms in total. The average Bonchev–Trinajstić information content (AvgIpc) is 2.64. The lowest BCUT2D eigenvalue weighted by molar-refractivity contribution is -0.141. The van der Waals surface area contributed by atoms with Crippen molar-refractivity contribution in [3.8, 4) is 0 Å². The lowest BCUT2D eigenvalue weighted by atomic mass is 10.0. The summed E-state index contributed by atoms with van der Waals surface area (Å²) in [5, 5.41) is 9.00. The number of hydrogen-bond acceptors (Lipinski definition) is 3. The molecule has 0 heterocycles. The standard InChI is InChI=1S/C14H16O4/c1-2-18-14(17)9-3-5-10-7-12(13(15)16)8-11(10)6-4-9/h3-5,12H,2,6-8H2,1H3,(H,15,16). The molecule has 0 fully saturated rings. The van der Waals surface area contributed by atoms with Crippen LogP contribution in [0.1, 0.15) is 26.2 Å². The van der Waals surface area contributed by atoms with Gasteiger partial charge in [0.2, 0.25) is 0 Å². The van der Waals surface area contributed by atoms with E-state index in [0.29, 0.717) is 31.4 Å². The normalized spacial score (nSPS) is 22.3. The van der Waals surface area contributed by atoms with Crippen LogP contribution in [-0.2, 0) is 14.3 Å². The van der Waals surface area contributed by atoms with Crippen molar-refractivity contribution in [1.82, 2.24) is 0 Å². The Morgan fingerprint density at radius 1 is 1.39 bits per heavy atom. The number of allylic oxidation sites excluding steroid dienone is 4. The van der Waals surface area contributed by atoms with Gasteiger partial charge in [0.15, 0.2) is 0 Å². The summed E-state index contributed by atoms with van der Waals surface area (Å²) in [5.41, 5.74) is 2.73. The maximum absolute atomic E-state index is 11.6. The van der Waals surface area contributed by atoms with E-state index in [2.05, 4.69) is 0 Å². The van der Waals surface area contributed by atoms with E-state index in [1.165, 1.54) is 0 Å². The van der Waals surface area contributed by atoms with Crippen LogP contribution in [0.3, 0.4) is 0 Å². The molecule has 0 radical (unpaired) electrons. The molecular weight excluding hydrogens is 232 g/mol. The van der Waals surface area contributed by atoms with Crippen LogP contribution in [0.15, 0.2) is 34.9 Å². The first-order chi connectivity index (χ1) is 8.61. The molecule has 2 rings (SSSR count). The highest BCUT2D eigenvalue weighted by Gasteiger charge is 2.28. The molecule has 0 aliphatic heterocycles. The number of carbonyl (C=O) groups is 2. The van der Waals surface area contributed by atoms with E-state index >= 15 is 0 Å². The van der Waals surface area contributed by atoms with Gasteiger partial charge in [-0.15, -0.1) is 0 Å². The van der Waals surface area contributed by atoms with E-state index in [0.717, 1.165) is 11.1 Å². The van der Waals surface area contributed by atoms with Crippen molar-refractivity contribution in [2.24, 2.45) is 5.92 Å².